The third-order valence-corrected chi connectivity index (χ3v) is 8.32. The number of likely N-dealkylation sites (tertiary alicyclic amines) is 1. The number of benzene rings is 1. The number of phenols is 1. The zero-order chi connectivity index (χ0) is 27.5. The van der Waals surface area contributed by atoms with Gasteiger partial charge < -0.3 is 14.9 Å². The number of nitrogens with zero attached hydrogens (tertiary/aromatic N) is 1. The molecule has 0 spiro atoms. The number of carbonyl (C=O) groups is 5. The van der Waals surface area contributed by atoms with E-state index in [0.29, 0.717) is 22.3 Å². The van der Waals surface area contributed by atoms with Gasteiger partial charge in [-0.1, -0.05) is 23.3 Å². The Morgan fingerprint density at radius 3 is 2.58 bits per heavy atom. The summed E-state index contributed by atoms with van der Waals surface area (Å²) in [5.41, 5.74) is 2.20. The van der Waals surface area contributed by atoms with Gasteiger partial charge in [-0.25, -0.2) is 0 Å². The number of aliphatic carboxylic acids is 1. The molecule has 1 aliphatic heterocycles. The number of phenolic OH excluding ortho intramolecular Hbond substituents is 1. The first-order valence-corrected chi connectivity index (χ1v) is 12.8. The van der Waals surface area contributed by atoms with Crippen molar-refractivity contribution in [1.82, 2.24) is 4.90 Å². The molecule has 0 aromatic heterocycles. The van der Waals surface area contributed by atoms with Crippen molar-refractivity contribution in [2.75, 3.05) is 13.7 Å². The van der Waals surface area contributed by atoms with Crippen molar-refractivity contribution in [2.24, 2.45) is 17.8 Å². The van der Waals surface area contributed by atoms with Crippen LogP contribution in [-0.2, 0) is 24.0 Å². The maximum absolute atomic E-state index is 13.6. The summed E-state index contributed by atoms with van der Waals surface area (Å²) in [6.45, 7) is 1.59. The minimum atomic E-state index is -1.01. The maximum Gasteiger partial charge on any atom is 0.303 e. The number of fused-ring (bicyclic) bond motifs is 3. The molecule has 0 bridgehead atoms. The van der Waals surface area contributed by atoms with Crippen LogP contribution in [0.2, 0.25) is 5.02 Å². The number of ketones is 2. The normalized spacial score (nSPS) is 26.6. The number of ether oxygens (including phenoxy) is 1. The molecule has 4 unspecified atom stereocenters. The molecule has 5 rings (SSSR count). The summed E-state index contributed by atoms with van der Waals surface area (Å²) in [6.07, 6.45) is 3.59. The fourth-order valence-electron chi connectivity index (χ4n) is 6.35. The number of hydrogen-bond acceptors (Lipinski definition) is 7. The van der Waals surface area contributed by atoms with E-state index in [9.17, 15) is 29.1 Å². The van der Waals surface area contributed by atoms with Gasteiger partial charge in [0.05, 0.1) is 24.0 Å². The van der Waals surface area contributed by atoms with Crippen LogP contribution in [0.15, 0.2) is 46.6 Å². The second kappa shape index (κ2) is 9.54. The van der Waals surface area contributed by atoms with E-state index in [2.05, 4.69) is 0 Å². The summed E-state index contributed by atoms with van der Waals surface area (Å²) in [6, 6.07) is 3.08. The molecule has 1 saturated heterocycles. The second-order valence-corrected chi connectivity index (χ2v) is 10.5. The molecule has 4 atom stereocenters. The third-order valence-electron chi connectivity index (χ3n) is 8.03. The van der Waals surface area contributed by atoms with Crippen LogP contribution in [0.25, 0.3) is 0 Å². The van der Waals surface area contributed by atoms with E-state index in [1.54, 1.807) is 13.0 Å². The van der Waals surface area contributed by atoms with Crippen molar-refractivity contribution in [1.29, 1.82) is 0 Å². The van der Waals surface area contributed by atoms with Gasteiger partial charge in [0.1, 0.15) is 0 Å². The Labute approximate surface area is 223 Å². The number of carboxylic acid groups (broad SMARTS) is 1. The Kier molecular flexibility index (Phi) is 6.51. The Hall–Kier alpha value is -3.72. The molecule has 1 aromatic carbocycles. The quantitative estimate of drug-likeness (QED) is 0.319. The molecule has 1 fully saturated rings. The van der Waals surface area contributed by atoms with E-state index in [4.69, 9.17) is 21.4 Å². The van der Waals surface area contributed by atoms with Gasteiger partial charge in [0.15, 0.2) is 23.1 Å². The Morgan fingerprint density at radius 1 is 1.16 bits per heavy atom. The molecule has 2 amide bonds. The Bertz CT molecular complexity index is 1400. The SMILES string of the molecule is COc1cc(C2C3=CCC4C(=O)N(CCCC(=O)O)C(=O)C4C3CC3=C2C(=O)C=C(C)C3=O)cc(Cl)c1O. The second-order valence-electron chi connectivity index (χ2n) is 10.1. The summed E-state index contributed by atoms with van der Waals surface area (Å²) in [4.78, 5) is 65.5. The zero-order valence-electron chi connectivity index (χ0n) is 20.8. The average molecular weight is 540 g/mol. The van der Waals surface area contributed by atoms with Crippen molar-refractivity contribution in [3.63, 3.8) is 0 Å². The van der Waals surface area contributed by atoms with Crippen LogP contribution in [0.1, 0.15) is 44.1 Å². The number of hydrogen-bond donors (Lipinski definition) is 2. The van der Waals surface area contributed by atoms with Gasteiger partial charge in [0.25, 0.3) is 0 Å². The molecule has 2 N–H and O–H groups in total. The number of imide groups is 1. The molecule has 0 saturated carbocycles. The molecule has 198 valence electrons. The van der Waals surface area contributed by atoms with Crippen LogP contribution in [-0.4, -0.2) is 58.1 Å². The number of carbonyl (C=O) groups excluding carboxylic acids is 4. The Morgan fingerprint density at radius 2 is 1.89 bits per heavy atom. The van der Waals surface area contributed by atoms with Crippen LogP contribution in [0.3, 0.4) is 0 Å². The largest absolute Gasteiger partial charge is 0.503 e. The van der Waals surface area contributed by atoms with Crippen molar-refractivity contribution in [3.8, 4) is 11.5 Å². The molecule has 9 nitrogen and oxygen atoms in total. The number of rotatable bonds is 6. The van der Waals surface area contributed by atoms with Gasteiger partial charge in [0, 0.05) is 35.6 Å². The fraction of sp³-hybridized carbons (Fsp3) is 0.393. The Balaban J connectivity index is 1.61. The molecule has 3 aliphatic carbocycles. The molecule has 38 heavy (non-hydrogen) atoms. The number of methoxy groups -OCH3 is 1. The van der Waals surface area contributed by atoms with Crippen LogP contribution in [0.5, 0.6) is 11.5 Å². The number of aromatic hydroxyl groups is 1. The topological polar surface area (TPSA) is 138 Å². The zero-order valence-corrected chi connectivity index (χ0v) is 21.6. The van der Waals surface area contributed by atoms with Crippen LogP contribution < -0.4 is 4.74 Å². The highest BCUT2D eigenvalue weighted by atomic mass is 35.5. The third kappa shape index (κ3) is 3.96. The standard InChI is InChI=1S/C28H26ClNO8/c1-12-8-19(31)24-17(25(12)34)11-16-14(22(24)13-9-18(29)26(35)20(10-13)38-2)5-6-15-23(16)28(37)30(27(15)36)7-3-4-21(32)33/h5,8-10,15-16,22-23,35H,3-4,6-7,11H2,1-2H3,(H,32,33). The lowest BCUT2D eigenvalue weighted by molar-refractivity contribution is -0.142. The highest BCUT2D eigenvalue weighted by Gasteiger charge is 2.56. The number of halogens is 1. The first-order chi connectivity index (χ1) is 18.0. The first-order valence-electron chi connectivity index (χ1n) is 12.4. The summed E-state index contributed by atoms with van der Waals surface area (Å²) in [7, 11) is 1.37. The first kappa shape index (κ1) is 25.9. The maximum atomic E-state index is 13.6. The number of carboxylic acids is 1. The molecule has 4 aliphatic rings. The van der Waals surface area contributed by atoms with Gasteiger partial charge in [-0.05, 0) is 55.9 Å². The van der Waals surface area contributed by atoms with E-state index < -0.39 is 29.6 Å². The van der Waals surface area contributed by atoms with E-state index >= 15 is 0 Å². The molecule has 1 aromatic rings. The molecular weight excluding hydrogens is 514 g/mol. The van der Waals surface area contributed by atoms with Gasteiger partial charge >= 0.3 is 5.97 Å². The van der Waals surface area contributed by atoms with E-state index in [-0.39, 0.29) is 72.1 Å². The number of allylic oxidation sites excluding steroid dienone is 6. The van der Waals surface area contributed by atoms with Crippen molar-refractivity contribution in [2.45, 2.75) is 38.5 Å². The predicted molar refractivity (Wildman–Crippen MR) is 135 cm³/mol. The van der Waals surface area contributed by atoms with E-state index in [1.165, 1.54) is 19.3 Å². The number of amides is 2. The van der Waals surface area contributed by atoms with Crippen molar-refractivity contribution < 1.29 is 38.9 Å². The summed E-state index contributed by atoms with van der Waals surface area (Å²) in [5, 5.41) is 19.3. The van der Waals surface area contributed by atoms with Crippen molar-refractivity contribution in [3.05, 3.63) is 57.2 Å². The summed E-state index contributed by atoms with van der Waals surface area (Å²) >= 11 is 6.30. The summed E-state index contributed by atoms with van der Waals surface area (Å²) in [5.74, 6) is -5.06. The van der Waals surface area contributed by atoms with Gasteiger partial charge in [-0.2, -0.15) is 0 Å². The lowest BCUT2D eigenvalue weighted by Crippen LogP contribution is -2.39. The lowest BCUT2D eigenvalue weighted by atomic mass is 9.59. The number of Topliss-reactive ketones (excluding diaryl/α,β-unsaturated/α-hetero) is 1. The summed E-state index contributed by atoms with van der Waals surface area (Å²) < 4.78 is 5.28. The highest BCUT2D eigenvalue weighted by molar-refractivity contribution is 6.32. The fourth-order valence-corrected chi connectivity index (χ4v) is 6.57. The monoisotopic (exact) mass is 539 g/mol. The van der Waals surface area contributed by atoms with Gasteiger partial charge in [-0.15, -0.1) is 0 Å². The van der Waals surface area contributed by atoms with Crippen LogP contribution in [0.4, 0.5) is 0 Å². The van der Waals surface area contributed by atoms with Crippen molar-refractivity contribution >= 4 is 41.0 Å². The van der Waals surface area contributed by atoms with E-state index in [1.807, 2.05) is 6.08 Å². The smallest absolute Gasteiger partial charge is 0.303 e. The minimum Gasteiger partial charge on any atom is -0.503 e. The molecule has 10 heteroatoms. The molecule has 1 heterocycles. The van der Waals surface area contributed by atoms with Gasteiger partial charge in [0.2, 0.25) is 11.8 Å². The van der Waals surface area contributed by atoms with Gasteiger partial charge in [-0.3, -0.25) is 28.9 Å². The molecular formula is C28H26ClNO8. The minimum absolute atomic E-state index is 0.0101. The van der Waals surface area contributed by atoms with Crippen LogP contribution in [0, 0.1) is 17.8 Å². The predicted octanol–water partition coefficient (Wildman–Crippen LogP) is 3.35. The molecule has 0 radical (unpaired) electrons. The lowest BCUT2D eigenvalue weighted by Gasteiger charge is -2.42. The average Bonchev–Trinajstić information content (AvgIpc) is 3.12. The van der Waals surface area contributed by atoms with Crippen LogP contribution >= 0.6 is 11.6 Å². The van der Waals surface area contributed by atoms with E-state index in [0.717, 1.165) is 10.5 Å². The highest BCUT2D eigenvalue weighted by Crippen LogP contribution is 2.56.